The molecule has 1 saturated heterocycles. The van der Waals surface area contributed by atoms with Crippen LogP contribution < -0.4 is 0 Å². The quantitative estimate of drug-likeness (QED) is 0.273. The number of carboxylic acids is 1. The average molecular weight is 549 g/mol. The van der Waals surface area contributed by atoms with Crippen LogP contribution in [0.2, 0.25) is 0 Å². The second-order valence-electron chi connectivity index (χ2n) is 14.9. The Kier molecular flexibility index (Phi) is 7.47. The summed E-state index contributed by atoms with van der Waals surface area (Å²) in [6.45, 7) is 13.8. The number of carbonyl (C=O) groups is 4. The van der Waals surface area contributed by atoms with E-state index in [-0.39, 0.29) is 25.2 Å². The molecule has 4 bridgehead atoms. The predicted octanol–water partition coefficient (Wildman–Crippen LogP) is 5.70. The molecule has 0 aromatic carbocycles. The Morgan fingerprint density at radius 1 is 0.897 bits per heavy atom. The summed E-state index contributed by atoms with van der Waals surface area (Å²) in [6, 6.07) is 0. The van der Waals surface area contributed by atoms with Crippen LogP contribution in [0.15, 0.2) is 0 Å². The Bertz CT molecular complexity index is 1000. The number of aliphatic carboxylic acids is 1. The molecule has 0 aromatic rings. The topological polar surface area (TPSA) is 116 Å². The lowest BCUT2D eigenvalue weighted by atomic mass is 9.50. The first-order valence-electron chi connectivity index (χ1n) is 14.8. The summed E-state index contributed by atoms with van der Waals surface area (Å²) >= 11 is 0. The molecule has 4 atom stereocenters. The van der Waals surface area contributed by atoms with Gasteiger partial charge in [0.2, 0.25) is 5.60 Å². The van der Waals surface area contributed by atoms with Gasteiger partial charge in [0.1, 0.15) is 11.7 Å². The summed E-state index contributed by atoms with van der Waals surface area (Å²) in [7, 11) is 0. The van der Waals surface area contributed by atoms with Crippen molar-refractivity contribution in [2.24, 2.45) is 39.9 Å². The van der Waals surface area contributed by atoms with Crippen LogP contribution in [0.1, 0.15) is 113 Å². The van der Waals surface area contributed by atoms with Gasteiger partial charge in [0.15, 0.2) is 0 Å². The Hall–Kier alpha value is -2.12. The van der Waals surface area contributed by atoms with Gasteiger partial charge in [0, 0.05) is 6.42 Å². The third kappa shape index (κ3) is 5.33. The Labute approximate surface area is 232 Å². The Balaban J connectivity index is 1.60. The molecule has 1 N–H and O–H groups in total. The van der Waals surface area contributed by atoms with Crippen LogP contribution in [0.25, 0.3) is 0 Å². The molecule has 4 saturated carbocycles. The number of cyclic esters (lactones) is 1. The van der Waals surface area contributed by atoms with Crippen LogP contribution >= 0.6 is 0 Å². The number of hydrogen-bond donors (Lipinski definition) is 1. The smallest absolute Gasteiger partial charge is 0.350 e. The molecule has 1 heterocycles. The molecule has 8 heteroatoms. The van der Waals surface area contributed by atoms with Gasteiger partial charge in [-0.3, -0.25) is 14.4 Å². The molecule has 5 fully saturated rings. The number of esters is 3. The van der Waals surface area contributed by atoms with Gasteiger partial charge in [0.25, 0.3) is 0 Å². The lowest BCUT2D eigenvalue weighted by Gasteiger charge is -2.59. The van der Waals surface area contributed by atoms with Crippen LogP contribution in [-0.4, -0.2) is 46.3 Å². The van der Waals surface area contributed by atoms with Gasteiger partial charge >= 0.3 is 23.9 Å². The van der Waals surface area contributed by atoms with Crippen LogP contribution in [0.5, 0.6) is 0 Å². The van der Waals surface area contributed by atoms with E-state index >= 15 is 0 Å². The third-order valence-electron chi connectivity index (χ3n) is 10.8. The maximum absolute atomic E-state index is 14.0. The zero-order chi connectivity index (χ0) is 29.2. The zero-order valence-electron chi connectivity index (χ0n) is 25.1. The van der Waals surface area contributed by atoms with Gasteiger partial charge in [-0.15, -0.1) is 0 Å². The maximum atomic E-state index is 14.0. The number of carboxylic acid groups (broad SMARTS) is 1. The second kappa shape index (κ2) is 9.76. The largest absolute Gasteiger partial charge is 0.481 e. The first-order valence-corrected chi connectivity index (χ1v) is 14.8. The van der Waals surface area contributed by atoms with Crippen LogP contribution in [-0.2, 0) is 33.4 Å². The van der Waals surface area contributed by atoms with Crippen molar-refractivity contribution in [1.29, 1.82) is 0 Å². The van der Waals surface area contributed by atoms with E-state index in [0.717, 1.165) is 37.5 Å². The fourth-order valence-corrected chi connectivity index (χ4v) is 8.46. The summed E-state index contributed by atoms with van der Waals surface area (Å²) in [5.41, 5.74) is -5.67. The van der Waals surface area contributed by atoms with E-state index in [2.05, 4.69) is 6.92 Å². The van der Waals surface area contributed by atoms with Crippen molar-refractivity contribution >= 4 is 23.9 Å². The highest BCUT2D eigenvalue weighted by molar-refractivity contribution is 5.87. The first-order chi connectivity index (χ1) is 17.9. The van der Waals surface area contributed by atoms with Gasteiger partial charge in [-0.2, -0.15) is 0 Å². The van der Waals surface area contributed by atoms with Crippen molar-refractivity contribution in [2.45, 2.75) is 130 Å². The molecule has 0 spiro atoms. The van der Waals surface area contributed by atoms with E-state index in [9.17, 15) is 24.3 Å². The van der Waals surface area contributed by atoms with E-state index in [4.69, 9.17) is 14.2 Å². The van der Waals surface area contributed by atoms with Crippen molar-refractivity contribution in [3.8, 4) is 0 Å². The lowest BCUT2D eigenvalue weighted by molar-refractivity contribution is -0.214. The minimum Gasteiger partial charge on any atom is -0.481 e. The molecule has 0 radical (unpaired) electrons. The molecule has 1 aliphatic heterocycles. The maximum Gasteiger partial charge on any atom is 0.350 e. The van der Waals surface area contributed by atoms with E-state index in [0.29, 0.717) is 18.3 Å². The molecule has 0 aromatic heterocycles. The number of carbonyl (C=O) groups excluding carboxylic acids is 3. The normalized spacial score (nSPS) is 38.5. The molecular weight excluding hydrogens is 500 g/mol. The van der Waals surface area contributed by atoms with E-state index < -0.39 is 51.5 Å². The average Bonchev–Trinajstić information content (AvgIpc) is 3.06. The number of hydrogen-bond acceptors (Lipinski definition) is 7. The minimum atomic E-state index is -1.46. The van der Waals surface area contributed by atoms with Crippen molar-refractivity contribution in [2.75, 3.05) is 0 Å². The van der Waals surface area contributed by atoms with E-state index in [1.165, 1.54) is 13.3 Å². The molecule has 4 aliphatic carbocycles. The minimum absolute atomic E-state index is 0.0439. The lowest BCUT2D eigenvalue weighted by Crippen LogP contribution is -2.59. The molecule has 8 nitrogen and oxygen atoms in total. The summed E-state index contributed by atoms with van der Waals surface area (Å²) in [6.07, 6.45) is 5.91. The zero-order valence-corrected chi connectivity index (χ0v) is 25.1. The summed E-state index contributed by atoms with van der Waals surface area (Å²) < 4.78 is 17.6. The molecule has 39 heavy (non-hydrogen) atoms. The Morgan fingerprint density at radius 3 is 1.85 bits per heavy atom. The SMILES string of the molecule is CCC(C)(CC(C)(CC(C)(C)C(=O)O)C(=O)OC1(C)CC(C)OC1=O)C(=O)OC1(C)C2CC3CC(C2)CC1C3. The van der Waals surface area contributed by atoms with Crippen LogP contribution in [0.4, 0.5) is 0 Å². The van der Waals surface area contributed by atoms with Gasteiger partial charge in [0.05, 0.1) is 16.2 Å². The second-order valence-corrected chi connectivity index (χ2v) is 14.9. The van der Waals surface area contributed by atoms with Gasteiger partial charge in [-0.05, 0) is 124 Å². The number of rotatable bonds is 10. The Morgan fingerprint density at radius 2 is 1.41 bits per heavy atom. The summed E-state index contributed by atoms with van der Waals surface area (Å²) in [5.74, 6) is -0.517. The first kappa shape index (κ1) is 29.9. The van der Waals surface area contributed by atoms with Crippen molar-refractivity contribution in [3.05, 3.63) is 0 Å². The van der Waals surface area contributed by atoms with Crippen molar-refractivity contribution < 1.29 is 38.5 Å². The highest BCUT2D eigenvalue weighted by atomic mass is 16.6. The number of ether oxygens (including phenoxy) is 3. The highest BCUT2D eigenvalue weighted by Gasteiger charge is 2.59. The van der Waals surface area contributed by atoms with Crippen LogP contribution in [0.3, 0.4) is 0 Å². The fraction of sp³-hybridized carbons (Fsp3) is 0.871. The molecule has 5 rings (SSSR count). The predicted molar refractivity (Wildman–Crippen MR) is 143 cm³/mol. The van der Waals surface area contributed by atoms with E-state index in [1.54, 1.807) is 27.7 Å². The summed E-state index contributed by atoms with van der Waals surface area (Å²) in [5, 5.41) is 9.91. The van der Waals surface area contributed by atoms with Gasteiger partial charge < -0.3 is 19.3 Å². The van der Waals surface area contributed by atoms with Gasteiger partial charge in [-0.25, -0.2) is 4.79 Å². The molecule has 0 amide bonds. The molecule has 5 aliphatic rings. The fourth-order valence-electron chi connectivity index (χ4n) is 8.46. The van der Waals surface area contributed by atoms with Gasteiger partial charge in [-0.1, -0.05) is 6.92 Å². The van der Waals surface area contributed by atoms with Crippen molar-refractivity contribution in [3.63, 3.8) is 0 Å². The summed E-state index contributed by atoms with van der Waals surface area (Å²) in [4.78, 5) is 52.5. The molecule has 4 unspecified atom stereocenters. The third-order valence-corrected chi connectivity index (χ3v) is 10.8. The van der Waals surface area contributed by atoms with E-state index in [1.807, 2.05) is 13.8 Å². The van der Waals surface area contributed by atoms with Crippen LogP contribution in [0, 0.1) is 39.9 Å². The van der Waals surface area contributed by atoms with Crippen molar-refractivity contribution in [1.82, 2.24) is 0 Å². The molecular formula is C31H48O8. The monoisotopic (exact) mass is 548 g/mol. The highest BCUT2D eigenvalue weighted by Crippen LogP contribution is 2.60. The molecule has 220 valence electrons. The standard InChI is InChI=1S/C31H48O8/c1-9-28(5,24(34)39-31(8)21-11-19-10-20(13-21)14-22(31)12-19)17-29(6,16-27(3,4)23(32)33)25(35)38-30(7)15-18(2)37-26(30)36/h18-22H,9-17H2,1-8H3,(H,32,33).